The van der Waals surface area contributed by atoms with Gasteiger partial charge in [0.05, 0.1) is 13.2 Å². The number of rotatable bonds is 10. The Morgan fingerprint density at radius 2 is 1.41 bits per heavy atom. The van der Waals surface area contributed by atoms with Gasteiger partial charge in [0.2, 0.25) is 0 Å². The van der Waals surface area contributed by atoms with Gasteiger partial charge in [0.25, 0.3) is 0 Å². The first-order chi connectivity index (χ1) is 13.3. The smallest absolute Gasteiger partial charge is 0.189 e. The second-order valence-electron chi connectivity index (χ2n) is 6.53. The molecule has 0 spiro atoms. The van der Waals surface area contributed by atoms with E-state index in [4.69, 9.17) is 30.5 Å². The highest BCUT2D eigenvalue weighted by molar-refractivity contribution is 6.30. The fourth-order valence-electron chi connectivity index (χ4n) is 3.27. The molecule has 0 unspecified atom stereocenters. The number of allylic oxidation sites excluding steroid dienone is 2. The van der Waals surface area contributed by atoms with Crippen LogP contribution in [0.5, 0.6) is 11.5 Å². The van der Waals surface area contributed by atoms with Crippen LogP contribution in [-0.4, -0.2) is 26.8 Å². The Morgan fingerprint density at radius 1 is 0.852 bits per heavy atom. The van der Waals surface area contributed by atoms with Crippen molar-refractivity contribution >= 4 is 22.4 Å². The maximum absolute atomic E-state index is 6.36. The first kappa shape index (κ1) is 20.0. The van der Waals surface area contributed by atoms with Gasteiger partial charge in [-0.25, -0.2) is 0 Å². The number of halogens is 1. The van der Waals surface area contributed by atoms with Crippen molar-refractivity contribution < 1.29 is 18.9 Å². The highest BCUT2D eigenvalue weighted by atomic mass is 35.5. The van der Waals surface area contributed by atoms with Crippen LogP contribution in [0.2, 0.25) is 0 Å². The van der Waals surface area contributed by atoms with E-state index in [0.29, 0.717) is 26.1 Å². The standard InChI is InChI=1S/C22H27ClO4/c1-3-11-24-14-26-21-17-7-5-6-8-18(17)22(27-15-25-12-4-2)20-13-16(23)9-10-19(20)21/h5-9H,3-4,10-15H2,1-2H3. The molecule has 0 atom stereocenters. The Balaban J connectivity index is 2.00. The summed E-state index contributed by atoms with van der Waals surface area (Å²) in [6.45, 7) is 5.98. The molecule has 1 aliphatic rings. The molecule has 146 valence electrons. The summed E-state index contributed by atoms with van der Waals surface area (Å²) in [5.41, 5.74) is 2.19. The molecule has 2 aromatic rings. The molecule has 5 heteroatoms. The van der Waals surface area contributed by atoms with E-state index in [9.17, 15) is 0 Å². The largest absolute Gasteiger partial charge is 0.467 e. The third-order valence-electron chi connectivity index (χ3n) is 4.47. The molecule has 0 heterocycles. The zero-order valence-corrected chi connectivity index (χ0v) is 16.8. The second-order valence-corrected chi connectivity index (χ2v) is 7.02. The van der Waals surface area contributed by atoms with Gasteiger partial charge in [-0.3, -0.25) is 0 Å². The highest BCUT2D eigenvalue weighted by Gasteiger charge is 2.24. The lowest BCUT2D eigenvalue weighted by Crippen LogP contribution is -2.12. The molecule has 0 aromatic heterocycles. The van der Waals surface area contributed by atoms with Crippen molar-refractivity contribution in [2.45, 2.75) is 39.5 Å². The van der Waals surface area contributed by atoms with Crippen LogP contribution in [0.25, 0.3) is 10.8 Å². The Hall–Kier alpha value is -1.75. The van der Waals surface area contributed by atoms with Crippen molar-refractivity contribution in [3.8, 4) is 11.5 Å². The van der Waals surface area contributed by atoms with Crippen molar-refractivity contribution in [3.05, 3.63) is 46.5 Å². The molecule has 0 saturated heterocycles. The molecule has 0 amide bonds. The van der Waals surface area contributed by atoms with Crippen LogP contribution < -0.4 is 9.47 Å². The Labute approximate surface area is 166 Å². The summed E-state index contributed by atoms with van der Waals surface area (Å²) in [7, 11) is 0. The van der Waals surface area contributed by atoms with E-state index in [1.807, 2.05) is 18.2 Å². The Morgan fingerprint density at radius 3 is 1.96 bits per heavy atom. The molecule has 2 aromatic carbocycles. The molecule has 0 saturated carbocycles. The number of fused-ring (bicyclic) bond motifs is 2. The number of benzene rings is 2. The summed E-state index contributed by atoms with van der Waals surface area (Å²) >= 11 is 6.36. The highest BCUT2D eigenvalue weighted by Crippen LogP contribution is 2.44. The zero-order valence-electron chi connectivity index (χ0n) is 16.1. The minimum absolute atomic E-state index is 0.228. The van der Waals surface area contributed by atoms with Gasteiger partial charge in [-0.05, 0) is 19.3 Å². The SMILES string of the molecule is CCCOCOc1c2c(c(OCOCCC)c3ccccc13)CC(Cl)=CC2. The van der Waals surface area contributed by atoms with E-state index in [1.54, 1.807) is 0 Å². The third kappa shape index (κ3) is 4.75. The summed E-state index contributed by atoms with van der Waals surface area (Å²) in [4.78, 5) is 0. The molecule has 27 heavy (non-hydrogen) atoms. The van der Waals surface area contributed by atoms with E-state index in [-0.39, 0.29) is 13.6 Å². The van der Waals surface area contributed by atoms with Crippen molar-refractivity contribution in [1.82, 2.24) is 0 Å². The van der Waals surface area contributed by atoms with Gasteiger partial charge in [-0.15, -0.1) is 0 Å². The lowest BCUT2D eigenvalue weighted by atomic mass is 9.90. The van der Waals surface area contributed by atoms with E-state index in [0.717, 1.165) is 51.3 Å². The summed E-state index contributed by atoms with van der Waals surface area (Å²) in [6.07, 6.45) is 5.31. The first-order valence-corrected chi connectivity index (χ1v) is 9.96. The van der Waals surface area contributed by atoms with Gasteiger partial charge < -0.3 is 18.9 Å². The van der Waals surface area contributed by atoms with Crippen molar-refractivity contribution in [2.24, 2.45) is 0 Å². The Bertz CT molecular complexity index is 800. The lowest BCUT2D eigenvalue weighted by Gasteiger charge is -2.24. The van der Waals surface area contributed by atoms with Crippen molar-refractivity contribution in [1.29, 1.82) is 0 Å². The van der Waals surface area contributed by atoms with Crippen LogP contribution in [0, 0.1) is 0 Å². The predicted octanol–water partition coefficient (Wildman–Crippen LogP) is 5.59. The summed E-state index contributed by atoms with van der Waals surface area (Å²) < 4.78 is 23.3. The molecule has 0 bridgehead atoms. The minimum atomic E-state index is 0.228. The van der Waals surface area contributed by atoms with Crippen LogP contribution in [0.1, 0.15) is 37.8 Å². The van der Waals surface area contributed by atoms with E-state index < -0.39 is 0 Å². The molecule has 0 radical (unpaired) electrons. The van der Waals surface area contributed by atoms with Gasteiger partial charge in [0.1, 0.15) is 11.5 Å². The molecule has 1 aliphatic carbocycles. The van der Waals surface area contributed by atoms with Crippen LogP contribution in [-0.2, 0) is 22.3 Å². The molecular formula is C22H27ClO4. The molecule has 0 aliphatic heterocycles. The molecule has 3 rings (SSSR count). The summed E-state index contributed by atoms with van der Waals surface area (Å²) in [5, 5.41) is 2.85. The normalized spacial score (nSPS) is 13.4. The number of hydrogen-bond donors (Lipinski definition) is 0. The van der Waals surface area contributed by atoms with E-state index >= 15 is 0 Å². The topological polar surface area (TPSA) is 36.9 Å². The maximum atomic E-state index is 6.36. The first-order valence-electron chi connectivity index (χ1n) is 9.58. The van der Waals surface area contributed by atoms with Crippen LogP contribution in [0.15, 0.2) is 35.4 Å². The van der Waals surface area contributed by atoms with Crippen LogP contribution in [0.4, 0.5) is 0 Å². The Kier molecular flexibility index (Phi) is 7.39. The maximum Gasteiger partial charge on any atom is 0.189 e. The van der Waals surface area contributed by atoms with Crippen LogP contribution >= 0.6 is 11.6 Å². The molecule has 4 nitrogen and oxygen atoms in total. The molecule has 0 fully saturated rings. The minimum Gasteiger partial charge on any atom is -0.467 e. The van der Waals surface area contributed by atoms with Gasteiger partial charge >= 0.3 is 0 Å². The summed E-state index contributed by atoms with van der Waals surface area (Å²) in [5.74, 6) is 1.70. The van der Waals surface area contributed by atoms with E-state index in [1.165, 1.54) is 0 Å². The zero-order chi connectivity index (χ0) is 19.1. The summed E-state index contributed by atoms with van der Waals surface area (Å²) in [6, 6.07) is 8.13. The lowest BCUT2D eigenvalue weighted by molar-refractivity contribution is 0.0139. The average Bonchev–Trinajstić information content (AvgIpc) is 2.69. The van der Waals surface area contributed by atoms with Crippen LogP contribution in [0.3, 0.4) is 0 Å². The van der Waals surface area contributed by atoms with Crippen molar-refractivity contribution in [3.63, 3.8) is 0 Å². The van der Waals surface area contributed by atoms with Gasteiger partial charge in [-0.1, -0.05) is 55.8 Å². The fourth-order valence-corrected chi connectivity index (χ4v) is 3.48. The second kappa shape index (κ2) is 9.98. The number of hydrogen-bond acceptors (Lipinski definition) is 4. The molecular weight excluding hydrogens is 364 g/mol. The van der Waals surface area contributed by atoms with Gasteiger partial charge in [0.15, 0.2) is 13.6 Å². The predicted molar refractivity (Wildman–Crippen MR) is 109 cm³/mol. The molecule has 0 N–H and O–H groups in total. The fraction of sp³-hybridized carbons (Fsp3) is 0.455. The van der Waals surface area contributed by atoms with Gasteiger partial charge in [-0.2, -0.15) is 0 Å². The average molecular weight is 391 g/mol. The quantitative estimate of drug-likeness (QED) is 0.391. The monoisotopic (exact) mass is 390 g/mol. The van der Waals surface area contributed by atoms with E-state index in [2.05, 4.69) is 26.0 Å². The van der Waals surface area contributed by atoms with Gasteiger partial charge in [0, 0.05) is 33.4 Å². The number of ether oxygens (including phenoxy) is 4. The third-order valence-corrected chi connectivity index (χ3v) is 4.76. The van der Waals surface area contributed by atoms with Crippen molar-refractivity contribution in [2.75, 3.05) is 26.8 Å².